The van der Waals surface area contributed by atoms with Crippen molar-refractivity contribution >= 4 is 29.3 Å². The Labute approximate surface area is 116 Å². The van der Waals surface area contributed by atoms with Gasteiger partial charge >= 0.3 is 5.97 Å². The van der Waals surface area contributed by atoms with E-state index in [2.05, 4.69) is 5.32 Å². The third kappa shape index (κ3) is 5.67. The molecule has 0 spiro atoms. The van der Waals surface area contributed by atoms with Gasteiger partial charge in [-0.15, -0.1) is 11.3 Å². The summed E-state index contributed by atoms with van der Waals surface area (Å²) in [5.74, 6) is -0.966. The normalized spacial score (nSPS) is 11.1. The summed E-state index contributed by atoms with van der Waals surface area (Å²) in [5, 5.41) is 13.1. The van der Waals surface area contributed by atoms with E-state index >= 15 is 0 Å². The summed E-state index contributed by atoms with van der Waals surface area (Å²) in [7, 11) is 1.62. The van der Waals surface area contributed by atoms with Gasteiger partial charge in [-0.05, 0) is 29.6 Å². The molecule has 0 aromatic carbocycles. The molecule has 0 aliphatic heterocycles. The highest BCUT2D eigenvalue weighted by atomic mass is 32.1. The standard InChI is InChI=1S/C13H18N2O3S/c1-3-15(8-12(16)14-2)7-11-6-10(9-19-11)4-5-13(17)18/h4-6,9H,3,7-8H2,1-2H3,(H,14,16)(H,17,18). The van der Waals surface area contributed by atoms with E-state index in [1.807, 2.05) is 23.3 Å². The zero-order valence-corrected chi connectivity index (χ0v) is 11.9. The number of hydrogen-bond acceptors (Lipinski definition) is 4. The number of nitrogens with one attached hydrogen (secondary N) is 1. The Morgan fingerprint density at radius 1 is 1.53 bits per heavy atom. The van der Waals surface area contributed by atoms with Crippen molar-refractivity contribution in [2.75, 3.05) is 20.1 Å². The van der Waals surface area contributed by atoms with E-state index in [-0.39, 0.29) is 5.91 Å². The van der Waals surface area contributed by atoms with E-state index in [4.69, 9.17) is 5.11 Å². The predicted octanol–water partition coefficient (Wildman–Crippen LogP) is 1.41. The van der Waals surface area contributed by atoms with Gasteiger partial charge < -0.3 is 10.4 Å². The first-order chi connectivity index (χ1) is 9.05. The summed E-state index contributed by atoms with van der Waals surface area (Å²) >= 11 is 1.56. The molecule has 1 amide bonds. The predicted molar refractivity (Wildman–Crippen MR) is 76.0 cm³/mol. The molecule has 0 aliphatic carbocycles. The summed E-state index contributed by atoms with van der Waals surface area (Å²) in [6, 6.07) is 1.94. The molecule has 1 heterocycles. The van der Waals surface area contributed by atoms with Crippen molar-refractivity contribution in [3.05, 3.63) is 28.0 Å². The molecule has 0 bridgehead atoms. The summed E-state index contributed by atoms with van der Waals surface area (Å²) in [4.78, 5) is 24.9. The lowest BCUT2D eigenvalue weighted by Gasteiger charge is -2.18. The van der Waals surface area contributed by atoms with Crippen molar-refractivity contribution in [1.82, 2.24) is 10.2 Å². The van der Waals surface area contributed by atoms with Crippen LogP contribution in [0, 0.1) is 0 Å². The maximum Gasteiger partial charge on any atom is 0.328 e. The van der Waals surface area contributed by atoms with Gasteiger partial charge in [0, 0.05) is 24.5 Å². The number of thiophene rings is 1. The van der Waals surface area contributed by atoms with Crippen LogP contribution in [0.15, 0.2) is 17.5 Å². The van der Waals surface area contributed by atoms with Crippen LogP contribution in [-0.4, -0.2) is 42.0 Å². The van der Waals surface area contributed by atoms with Crippen LogP contribution in [0.3, 0.4) is 0 Å². The molecule has 1 rings (SSSR count). The number of nitrogens with zero attached hydrogens (tertiary/aromatic N) is 1. The Hall–Kier alpha value is -1.66. The molecular formula is C13H18N2O3S. The Bertz CT molecular complexity index is 468. The van der Waals surface area contributed by atoms with Gasteiger partial charge in [0.1, 0.15) is 0 Å². The van der Waals surface area contributed by atoms with Gasteiger partial charge in [0.15, 0.2) is 0 Å². The molecular weight excluding hydrogens is 264 g/mol. The molecule has 104 valence electrons. The first-order valence-electron chi connectivity index (χ1n) is 5.96. The average Bonchev–Trinajstić information content (AvgIpc) is 2.83. The van der Waals surface area contributed by atoms with Crippen LogP contribution in [0.5, 0.6) is 0 Å². The Balaban J connectivity index is 2.60. The van der Waals surface area contributed by atoms with Gasteiger partial charge in [-0.2, -0.15) is 0 Å². The van der Waals surface area contributed by atoms with E-state index in [1.54, 1.807) is 24.5 Å². The number of hydrogen-bond donors (Lipinski definition) is 2. The van der Waals surface area contributed by atoms with Gasteiger partial charge in [-0.3, -0.25) is 9.69 Å². The number of carboxylic acids is 1. The molecule has 0 radical (unpaired) electrons. The smallest absolute Gasteiger partial charge is 0.328 e. The summed E-state index contributed by atoms with van der Waals surface area (Å²) in [5.41, 5.74) is 0.874. The third-order valence-corrected chi connectivity index (χ3v) is 3.50. The summed E-state index contributed by atoms with van der Waals surface area (Å²) < 4.78 is 0. The quantitative estimate of drug-likeness (QED) is 0.742. The highest BCUT2D eigenvalue weighted by Crippen LogP contribution is 2.17. The number of carbonyl (C=O) groups excluding carboxylic acids is 1. The second-order valence-electron chi connectivity index (χ2n) is 3.99. The van der Waals surface area contributed by atoms with Crippen LogP contribution < -0.4 is 5.32 Å². The van der Waals surface area contributed by atoms with E-state index in [0.29, 0.717) is 13.1 Å². The van der Waals surface area contributed by atoms with Crippen molar-refractivity contribution in [3.8, 4) is 0 Å². The molecule has 0 saturated heterocycles. The SMILES string of the molecule is CCN(CC(=O)NC)Cc1cc(C=CC(=O)O)cs1. The number of rotatable bonds is 7. The maximum absolute atomic E-state index is 11.3. The number of carbonyl (C=O) groups is 2. The van der Waals surface area contributed by atoms with Crippen molar-refractivity contribution in [2.45, 2.75) is 13.5 Å². The molecule has 2 N–H and O–H groups in total. The monoisotopic (exact) mass is 282 g/mol. The second kappa shape index (κ2) is 7.70. The highest BCUT2D eigenvalue weighted by molar-refractivity contribution is 7.10. The summed E-state index contributed by atoms with van der Waals surface area (Å²) in [6.45, 7) is 3.84. The van der Waals surface area contributed by atoms with E-state index in [1.165, 1.54) is 0 Å². The average molecular weight is 282 g/mol. The Morgan fingerprint density at radius 3 is 2.84 bits per heavy atom. The van der Waals surface area contributed by atoms with Crippen molar-refractivity contribution in [1.29, 1.82) is 0 Å². The van der Waals surface area contributed by atoms with Gasteiger partial charge in [0.05, 0.1) is 6.54 Å². The molecule has 0 aliphatic rings. The van der Waals surface area contributed by atoms with E-state index < -0.39 is 5.97 Å². The maximum atomic E-state index is 11.3. The van der Waals surface area contributed by atoms with Crippen LogP contribution in [0.1, 0.15) is 17.4 Å². The molecule has 0 unspecified atom stereocenters. The minimum absolute atomic E-state index is 0.00981. The molecule has 1 aromatic rings. The fourth-order valence-corrected chi connectivity index (χ4v) is 2.41. The lowest BCUT2D eigenvalue weighted by atomic mass is 10.2. The van der Waals surface area contributed by atoms with Crippen molar-refractivity contribution in [3.63, 3.8) is 0 Å². The Kier molecular flexibility index (Phi) is 6.24. The summed E-state index contributed by atoms with van der Waals surface area (Å²) in [6.07, 6.45) is 2.69. The lowest BCUT2D eigenvalue weighted by molar-refractivity contribution is -0.131. The molecule has 0 saturated carbocycles. The molecule has 0 fully saturated rings. The first-order valence-corrected chi connectivity index (χ1v) is 6.84. The number of amides is 1. The van der Waals surface area contributed by atoms with Gasteiger partial charge in [-0.25, -0.2) is 4.79 Å². The van der Waals surface area contributed by atoms with E-state index in [9.17, 15) is 9.59 Å². The van der Waals surface area contributed by atoms with Crippen LogP contribution in [0.4, 0.5) is 0 Å². The molecule has 6 heteroatoms. The molecule has 5 nitrogen and oxygen atoms in total. The van der Waals surface area contributed by atoms with Crippen molar-refractivity contribution < 1.29 is 14.7 Å². The van der Waals surface area contributed by atoms with Crippen LogP contribution in [-0.2, 0) is 16.1 Å². The molecule has 1 aromatic heterocycles. The first kappa shape index (κ1) is 15.4. The Morgan fingerprint density at radius 2 is 2.26 bits per heavy atom. The fourth-order valence-electron chi connectivity index (χ4n) is 1.52. The largest absolute Gasteiger partial charge is 0.478 e. The molecule has 19 heavy (non-hydrogen) atoms. The van der Waals surface area contributed by atoms with Crippen LogP contribution >= 0.6 is 11.3 Å². The van der Waals surface area contributed by atoms with Gasteiger partial charge in [-0.1, -0.05) is 6.92 Å². The zero-order valence-electron chi connectivity index (χ0n) is 11.0. The number of likely N-dealkylation sites (N-methyl/N-ethyl adjacent to an activating group) is 2. The van der Waals surface area contributed by atoms with Crippen LogP contribution in [0.2, 0.25) is 0 Å². The number of carboxylic acid groups (broad SMARTS) is 1. The second-order valence-corrected chi connectivity index (χ2v) is 4.99. The minimum Gasteiger partial charge on any atom is -0.478 e. The number of aliphatic carboxylic acids is 1. The van der Waals surface area contributed by atoms with Crippen LogP contribution in [0.25, 0.3) is 6.08 Å². The fraction of sp³-hybridized carbons (Fsp3) is 0.385. The minimum atomic E-state index is -0.956. The van der Waals surface area contributed by atoms with Gasteiger partial charge in [0.2, 0.25) is 5.91 Å². The highest BCUT2D eigenvalue weighted by Gasteiger charge is 2.09. The van der Waals surface area contributed by atoms with E-state index in [0.717, 1.165) is 23.1 Å². The topological polar surface area (TPSA) is 69.6 Å². The van der Waals surface area contributed by atoms with Gasteiger partial charge in [0.25, 0.3) is 0 Å². The molecule has 0 atom stereocenters. The lowest BCUT2D eigenvalue weighted by Crippen LogP contribution is -2.34. The third-order valence-electron chi connectivity index (χ3n) is 2.57. The van der Waals surface area contributed by atoms with Crippen molar-refractivity contribution in [2.24, 2.45) is 0 Å². The zero-order chi connectivity index (χ0) is 14.3.